The number of rotatable bonds is 3. The molecule has 1 fully saturated rings. The number of halogens is 1. The molecular weight excluding hydrogens is 312 g/mol. The number of hydrogen-bond donors (Lipinski definition) is 1. The van der Waals surface area contributed by atoms with E-state index in [4.69, 9.17) is 0 Å². The van der Waals surface area contributed by atoms with Crippen molar-refractivity contribution in [2.45, 2.75) is 31.8 Å². The molecule has 0 bridgehead atoms. The minimum atomic E-state index is 0.468. The molecule has 4 nitrogen and oxygen atoms in total. The number of aromatic nitrogens is 3. The van der Waals surface area contributed by atoms with E-state index in [2.05, 4.69) is 41.5 Å². The van der Waals surface area contributed by atoms with Crippen LogP contribution in [0.1, 0.15) is 35.9 Å². The van der Waals surface area contributed by atoms with E-state index in [9.17, 15) is 0 Å². The Balaban J connectivity index is 1.78. The fourth-order valence-electron chi connectivity index (χ4n) is 2.53. The average molecular weight is 327 g/mol. The van der Waals surface area contributed by atoms with Crippen molar-refractivity contribution in [2.24, 2.45) is 0 Å². The summed E-state index contributed by atoms with van der Waals surface area (Å²) in [6.45, 7) is 2.11. The van der Waals surface area contributed by atoms with Gasteiger partial charge in [-0.15, -0.1) is 0 Å². The Morgan fingerprint density at radius 2 is 2.44 bits per heavy atom. The first-order valence-electron chi connectivity index (χ1n) is 6.17. The van der Waals surface area contributed by atoms with Gasteiger partial charge >= 0.3 is 0 Å². The quantitative estimate of drug-likeness (QED) is 0.940. The second kappa shape index (κ2) is 5.50. The maximum atomic E-state index is 4.22. The Morgan fingerprint density at radius 1 is 1.50 bits per heavy atom. The van der Waals surface area contributed by atoms with Gasteiger partial charge in [-0.1, -0.05) is 6.42 Å². The topological polar surface area (TPSA) is 44.8 Å². The van der Waals surface area contributed by atoms with Crippen molar-refractivity contribution in [3.05, 3.63) is 33.5 Å². The summed E-state index contributed by atoms with van der Waals surface area (Å²) in [5, 5.41) is 7.19. The largest absolute Gasteiger partial charge is 0.290 e. The van der Waals surface area contributed by atoms with Crippen LogP contribution in [-0.4, -0.2) is 26.0 Å². The molecule has 6 heteroatoms. The number of aromatic amines is 1. The first-order valence-corrected chi connectivity index (χ1v) is 7.73. The van der Waals surface area contributed by atoms with Crippen LogP contribution in [0.15, 0.2) is 22.9 Å². The lowest BCUT2D eigenvalue weighted by Crippen LogP contribution is -2.33. The summed E-state index contributed by atoms with van der Waals surface area (Å²) in [4.78, 5) is 3.83. The Hall–Kier alpha value is -0.720. The van der Waals surface area contributed by atoms with E-state index in [0.29, 0.717) is 6.04 Å². The van der Waals surface area contributed by atoms with Crippen molar-refractivity contribution in [3.63, 3.8) is 0 Å². The van der Waals surface area contributed by atoms with Crippen LogP contribution >= 0.6 is 27.5 Å². The molecule has 3 rings (SSSR count). The Kier molecular flexibility index (Phi) is 3.77. The molecule has 1 saturated heterocycles. The molecule has 0 aromatic carbocycles. The van der Waals surface area contributed by atoms with Crippen LogP contribution in [0.3, 0.4) is 0 Å². The molecule has 0 spiro atoms. The molecule has 96 valence electrons. The normalized spacial score (nSPS) is 21.3. The smallest absolute Gasteiger partial charge is 0.0552 e. The number of H-pyrrole nitrogens is 1. The minimum absolute atomic E-state index is 0.468. The summed E-state index contributed by atoms with van der Waals surface area (Å²) in [5.41, 5.74) is 1.23. The molecule has 3 heterocycles. The summed E-state index contributed by atoms with van der Waals surface area (Å²) in [5.74, 6) is 0. The van der Waals surface area contributed by atoms with Crippen LogP contribution in [0.25, 0.3) is 0 Å². The van der Waals surface area contributed by atoms with Crippen LogP contribution in [-0.2, 0) is 6.54 Å². The van der Waals surface area contributed by atoms with Crippen LogP contribution in [0, 0.1) is 0 Å². The van der Waals surface area contributed by atoms with Gasteiger partial charge in [-0.2, -0.15) is 9.47 Å². The summed E-state index contributed by atoms with van der Waals surface area (Å²) in [7, 11) is 0. The van der Waals surface area contributed by atoms with Crippen molar-refractivity contribution in [2.75, 3.05) is 6.54 Å². The lowest BCUT2D eigenvalue weighted by atomic mass is 9.99. The predicted molar refractivity (Wildman–Crippen MR) is 75.4 cm³/mol. The second-order valence-corrected chi connectivity index (χ2v) is 6.33. The zero-order valence-corrected chi connectivity index (χ0v) is 12.4. The van der Waals surface area contributed by atoms with Crippen LogP contribution in [0.2, 0.25) is 0 Å². The van der Waals surface area contributed by atoms with E-state index in [1.807, 2.05) is 12.4 Å². The van der Waals surface area contributed by atoms with Crippen LogP contribution < -0.4 is 0 Å². The molecule has 2 aromatic heterocycles. The highest BCUT2D eigenvalue weighted by Gasteiger charge is 2.25. The lowest BCUT2D eigenvalue weighted by molar-refractivity contribution is 0.138. The van der Waals surface area contributed by atoms with Gasteiger partial charge in [-0.05, 0) is 52.9 Å². The molecule has 1 aliphatic heterocycles. The molecule has 0 aliphatic carbocycles. The van der Waals surface area contributed by atoms with E-state index in [1.165, 1.54) is 29.8 Å². The Bertz CT molecular complexity index is 496. The fourth-order valence-corrected chi connectivity index (χ4v) is 3.75. The standard InChI is InChI=1S/C12H15BrN4S/c13-9-7-15-18-12(9)8-17-6-2-1-3-11(17)10-4-5-14-16-10/h4-5,7,11H,1-3,6,8H2,(H,14,16). The third-order valence-electron chi connectivity index (χ3n) is 3.44. The zero-order chi connectivity index (χ0) is 12.4. The average Bonchev–Trinajstić information content (AvgIpc) is 3.03. The molecular formula is C12H15BrN4S. The third kappa shape index (κ3) is 2.50. The van der Waals surface area contributed by atoms with Gasteiger partial charge in [0.25, 0.3) is 0 Å². The van der Waals surface area contributed by atoms with Crippen molar-refractivity contribution in [1.82, 2.24) is 19.5 Å². The predicted octanol–water partition coefficient (Wildman–Crippen LogP) is 3.36. The second-order valence-electron chi connectivity index (χ2n) is 4.59. The Labute approximate surface area is 119 Å². The van der Waals surface area contributed by atoms with Gasteiger partial charge < -0.3 is 0 Å². The van der Waals surface area contributed by atoms with Gasteiger partial charge in [0, 0.05) is 12.7 Å². The molecule has 2 aromatic rings. The number of nitrogens with zero attached hydrogens (tertiary/aromatic N) is 3. The van der Waals surface area contributed by atoms with Crippen molar-refractivity contribution < 1.29 is 0 Å². The highest BCUT2D eigenvalue weighted by atomic mass is 79.9. The van der Waals surface area contributed by atoms with Crippen LogP contribution in [0.5, 0.6) is 0 Å². The number of hydrogen-bond acceptors (Lipinski definition) is 4. The van der Waals surface area contributed by atoms with E-state index < -0.39 is 0 Å². The minimum Gasteiger partial charge on any atom is -0.290 e. The van der Waals surface area contributed by atoms with Crippen molar-refractivity contribution >= 4 is 27.5 Å². The lowest BCUT2D eigenvalue weighted by Gasteiger charge is -2.34. The van der Waals surface area contributed by atoms with Gasteiger partial charge in [0.2, 0.25) is 0 Å². The molecule has 1 aliphatic rings. The monoisotopic (exact) mass is 326 g/mol. The maximum Gasteiger partial charge on any atom is 0.0552 e. The Morgan fingerprint density at radius 3 is 3.17 bits per heavy atom. The molecule has 0 radical (unpaired) electrons. The van der Waals surface area contributed by atoms with E-state index in [0.717, 1.165) is 17.6 Å². The van der Waals surface area contributed by atoms with Gasteiger partial charge in [-0.25, -0.2) is 0 Å². The molecule has 0 saturated carbocycles. The summed E-state index contributed by atoms with van der Waals surface area (Å²) < 4.78 is 5.35. The highest BCUT2D eigenvalue weighted by molar-refractivity contribution is 9.10. The molecule has 0 amide bonds. The van der Waals surface area contributed by atoms with Crippen molar-refractivity contribution in [3.8, 4) is 0 Å². The number of likely N-dealkylation sites (tertiary alicyclic amines) is 1. The van der Waals surface area contributed by atoms with Gasteiger partial charge in [-0.3, -0.25) is 10.00 Å². The molecule has 1 atom stereocenters. The molecule has 1 N–H and O–H groups in total. The van der Waals surface area contributed by atoms with E-state index in [1.54, 1.807) is 11.5 Å². The maximum absolute atomic E-state index is 4.22. The van der Waals surface area contributed by atoms with Gasteiger partial charge in [0.05, 0.1) is 27.3 Å². The fraction of sp³-hybridized carbons (Fsp3) is 0.500. The highest BCUT2D eigenvalue weighted by Crippen LogP contribution is 2.32. The zero-order valence-electron chi connectivity index (χ0n) is 9.97. The van der Waals surface area contributed by atoms with Gasteiger partial charge in [0.15, 0.2) is 0 Å². The van der Waals surface area contributed by atoms with Gasteiger partial charge in [0.1, 0.15) is 0 Å². The third-order valence-corrected chi connectivity index (χ3v) is 5.16. The molecule has 18 heavy (non-hydrogen) atoms. The summed E-state index contributed by atoms with van der Waals surface area (Å²) in [6, 6.07) is 2.56. The van der Waals surface area contributed by atoms with Crippen LogP contribution in [0.4, 0.5) is 0 Å². The number of piperidine rings is 1. The molecule has 1 unspecified atom stereocenters. The van der Waals surface area contributed by atoms with Crippen molar-refractivity contribution in [1.29, 1.82) is 0 Å². The summed E-state index contributed by atoms with van der Waals surface area (Å²) >= 11 is 5.14. The summed E-state index contributed by atoms with van der Waals surface area (Å²) in [6.07, 6.45) is 7.50. The van der Waals surface area contributed by atoms with E-state index in [-0.39, 0.29) is 0 Å². The first-order chi connectivity index (χ1) is 8.84. The number of nitrogens with one attached hydrogen (secondary N) is 1. The van der Waals surface area contributed by atoms with E-state index >= 15 is 0 Å². The SMILES string of the molecule is Brc1cnsc1CN1CCCCC1c1ccn[nH]1. The first kappa shape index (κ1) is 12.3.